The molecule has 0 radical (unpaired) electrons. The van der Waals surface area contributed by atoms with E-state index in [1.165, 1.54) is 12.3 Å². The molecule has 2 rings (SSSR count). The predicted octanol–water partition coefficient (Wildman–Crippen LogP) is 1.29. The Morgan fingerprint density at radius 3 is 3.00 bits per heavy atom. The van der Waals surface area contributed by atoms with Gasteiger partial charge in [0.2, 0.25) is 5.91 Å². The highest BCUT2D eigenvalue weighted by atomic mass is 79.9. The van der Waals surface area contributed by atoms with Gasteiger partial charge in [0.15, 0.2) is 11.6 Å². The Kier molecular flexibility index (Phi) is 3.09. The standard InChI is InChI=1S/C10H11BrFN3O/c11-7-3-8(12)10(14-4-7)15-2-1-6(5-15)9(13)16/h3-4,6H,1-2,5H2,(H2,13,16). The predicted molar refractivity (Wildman–Crippen MR) is 61.4 cm³/mol. The van der Waals surface area contributed by atoms with Crippen molar-refractivity contribution >= 4 is 27.7 Å². The van der Waals surface area contributed by atoms with E-state index < -0.39 is 0 Å². The van der Waals surface area contributed by atoms with E-state index in [1.54, 1.807) is 4.90 Å². The number of carbonyl (C=O) groups excluding carboxylic acids is 1. The molecule has 0 aromatic carbocycles. The molecule has 1 fully saturated rings. The largest absolute Gasteiger partial charge is 0.369 e. The first-order valence-corrected chi connectivity index (χ1v) is 5.72. The Hall–Kier alpha value is -1.17. The smallest absolute Gasteiger partial charge is 0.222 e. The van der Waals surface area contributed by atoms with Crippen molar-refractivity contribution in [1.82, 2.24) is 4.98 Å². The number of anilines is 1. The number of primary amides is 1. The van der Waals surface area contributed by atoms with Crippen LogP contribution >= 0.6 is 15.9 Å². The zero-order chi connectivity index (χ0) is 11.7. The minimum absolute atomic E-state index is 0.204. The topological polar surface area (TPSA) is 59.2 Å². The normalized spacial score (nSPS) is 20.1. The molecule has 1 atom stereocenters. The van der Waals surface area contributed by atoms with Gasteiger partial charge >= 0.3 is 0 Å². The molecule has 1 aromatic heterocycles. The van der Waals surface area contributed by atoms with Crippen LogP contribution in [0, 0.1) is 11.7 Å². The van der Waals surface area contributed by atoms with Crippen molar-refractivity contribution < 1.29 is 9.18 Å². The Morgan fingerprint density at radius 2 is 2.44 bits per heavy atom. The third-order valence-corrected chi connectivity index (χ3v) is 3.11. The minimum atomic E-state index is -0.389. The Balaban J connectivity index is 2.17. The summed E-state index contributed by atoms with van der Waals surface area (Å²) in [7, 11) is 0. The van der Waals surface area contributed by atoms with Crippen molar-refractivity contribution in [3.05, 3.63) is 22.6 Å². The first kappa shape index (κ1) is 11.3. The molecule has 0 bridgehead atoms. The van der Waals surface area contributed by atoms with Gasteiger partial charge in [-0.2, -0.15) is 0 Å². The Bertz CT molecular complexity index is 427. The highest BCUT2D eigenvalue weighted by Crippen LogP contribution is 2.25. The monoisotopic (exact) mass is 287 g/mol. The van der Waals surface area contributed by atoms with Crippen molar-refractivity contribution in [2.24, 2.45) is 11.7 Å². The number of nitrogens with two attached hydrogens (primary N) is 1. The van der Waals surface area contributed by atoms with E-state index >= 15 is 0 Å². The van der Waals surface area contributed by atoms with Crippen LogP contribution in [0.3, 0.4) is 0 Å². The van der Waals surface area contributed by atoms with Gasteiger partial charge in [-0.25, -0.2) is 9.37 Å². The van der Waals surface area contributed by atoms with Gasteiger partial charge in [-0.15, -0.1) is 0 Å². The highest BCUT2D eigenvalue weighted by Gasteiger charge is 2.28. The van der Waals surface area contributed by atoms with Crippen LogP contribution in [0.2, 0.25) is 0 Å². The Labute approximate surface area is 101 Å². The van der Waals surface area contributed by atoms with Crippen LogP contribution in [0.25, 0.3) is 0 Å². The van der Waals surface area contributed by atoms with E-state index in [4.69, 9.17) is 5.73 Å². The number of amides is 1. The summed E-state index contributed by atoms with van der Waals surface area (Å²) < 4.78 is 14.2. The summed E-state index contributed by atoms with van der Waals surface area (Å²) in [4.78, 5) is 16.7. The average molecular weight is 288 g/mol. The number of halogens is 2. The summed E-state index contributed by atoms with van der Waals surface area (Å²) in [6, 6.07) is 1.36. The zero-order valence-corrected chi connectivity index (χ0v) is 10.1. The highest BCUT2D eigenvalue weighted by molar-refractivity contribution is 9.10. The number of nitrogens with zero attached hydrogens (tertiary/aromatic N) is 2. The zero-order valence-electron chi connectivity index (χ0n) is 8.49. The first-order chi connectivity index (χ1) is 7.58. The number of hydrogen-bond donors (Lipinski definition) is 1. The van der Waals surface area contributed by atoms with Gasteiger partial charge in [-0.3, -0.25) is 4.79 Å². The quantitative estimate of drug-likeness (QED) is 0.892. The second kappa shape index (κ2) is 4.37. The van der Waals surface area contributed by atoms with Crippen LogP contribution in [-0.2, 0) is 4.79 Å². The van der Waals surface area contributed by atoms with Crippen molar-refractivity contribution in [2.45, 2.75) is 6.42 Å². The van der Waals surface area contributed by atoms with Gasteiger partial charge in [0.25, 0.3) is 0 Å². The fourth-order valence-corrected chi connectivity index (χ4v) is 2.13. The molecule has 1 saturated heterocycles. The summed E-state index contributed by atoms with van der Waals surface area (Å²) in [5.41, 5.74) is 5.21. The molecular weight excluding hydrogens is 277 g/mol. The molecule has 0 aliphatic carbocycles. The molecule has 1 aliphatic rings. The molecular formula is C10H11BrFN3O. The molecule has 0 saturated carbocycles. The lowest BCUT2D eigenvalue weighted by atomic mass is 10.1. The molecule has 2 N–H and O–H groups in total. The van der Waals surface area contributed by atoms with Crippen molar-refractivity contribution in [3.63, 3.8) is 0 Å². The summed E-state index contributed by atoms with van der Waals surface area (Å²) in [6.07, 6.45) is 2.20. The second-order valence-electron chi connectivity index (χ2n) is 3.79. The lowest BCUT2D eigenvalue weighted by Gasteiger charge is -2.17. The summed E-state index contributed by atoms with van der Waals surface area (Å²) in [5.74, 6) is -0.642. The Morgan fingerprint density at radius 1 is 1.69 bits per heavy atom. The van der Waals surface area contributed by atoms with E-state index in [0.29, 0.717) is 24.0 Å². The number of aromatic nitrogens is 1. The van der Waals surface area contributed by atoms with Crippen molar-refractivity contribution in [1.29, 1.82) is 0 Å². The molecule has 1 aliphatic heterocycles. The first-order valence-electron chi connectivity index (χ1n) is 4.93. The minimum Gasteiger partial charge on any atom is -0.369 e. The lowest BCUT2D eigenvalue weighted by Crippen LogP contribution is -2.28. The van der Waals surface area contributed by atoms with E-state index in [-0.39, 0.29) is 23.5 Å². The molecule has 1 unspecified atom stereocenters. The molecule has 86 valence electrons. The van der Waals surface area contributed by atoms with Crippen LogP contribution in [0.4, 0.5) is 10.2 Å². The SMILES string of the molecule is NC(=O)C1CCN(c2ncc(Br)cc2F)C1. The summed E-state index contributed by atoms with van der Waals surface area (Å²) in [5, 5.41) is 0. The number of hydrogen-bond acceptors (Lipinski definition) is 3. The summed E-state index contributed by atoms with van der Waals surface area (Å²) >= 11 is 3.14. The molecule has 4 nitrogen and oxygen atoms in total. The van der Waals surface area contributed by atoms with E-state index in [9.17, 15) is 9.18 Å². The number of pyridine rings is 1. The van der Waals surface area contributed by atoms with Gasteiger partial charge in [0, 0.05) is 23.8 Å². The van der Waals surface area contributed by atoms with E-state index in [1.807, 2.05) is 0 Å². The second-order valence-corrected chi connectivity index (χ2v) is 4.71. The molecule has 6 heteroatoms. The van der Waals surface area contributed by atoms with E-state index in [2.05, 4.69) is 20.9 Å². The van der Waals surface area contributed by atoms with Crippen LogP contribution in [0.15, 0.2) is 16.7 Å². The van der Waals surface area contributed by atoms with Crippen molar-refractivity contribution in [3.8, 4) is 0 Å². The van der Waals surface area contributed by atoms with Gasteiger partial charge < -0.3 is 10.6 Å². The molecule has 16 heavy (non-hydrogen) atoms. The van der Waals surface area contributed by atoms with Gasteiger partial charge in [0.1, 0.15) is 0 Å². The van der Waals surface area contributed by atoms with Gasteiger partial charge in [-0.1, -0.05) is 0 Å². The maximum atomic E-state index is 13.6. The van der Waals surface area contributed by atoms with Crippen molar-refractivity contribution in [2.75, 3.05) is 18.0 Å². The number of carbonyl (C=O) groups is 1. The lowest BCUT2D eigenvalue weighted by molar-refractivity contribution is -0.121. The van der Waals surface area contributed by atoms with E-state index in [0.717, 1.165) is 0 Å². The third kappa shape index (κ3) is 2.16. The molecule has 1 aromatic rings. The molecule has 2 heterocycles. The van der Waals surface area contributed by atoms with Crippen LogP contribution in [0.1, 0.15) is 6.42 Å². The maximum Gasteiger partial charge on any atom is 0.222 e. The van der Waals surface area contributed by atoms with Crippen LogP contribution in [-0.4, -0.2) is 24.0 Å². The van der Waals surface area contributed by atoms with Gasteiger partial charge in [0.05, 0.1) is 5.92 Å². The third-order valence-electron chi connectivity index (χ3n) is 2.68. The fourth-order valence-electron chi connectivity index (χ4n) is 1.82. The maximum absolute atomic E-state index is 13.6. The van der Waals surface area contributed by atoms with Gasteiger partial charge in [-0.05, 0) is 28.4 Å². The molecule has 0 spiro atoms. The average Bonchev–Trinajstić information content (AvgIpc) is 2.66. The fraction of sp³-hybridized carbons (Fsp3) is 0.400. The number of rotatable bonds is 2. The van der Waals surface area contributed by atoms with Crippen LogP contribution < -0.4 is 10.6 Å². The van der Waals surface area contributed by atoms with Crippen LogP contribution in [0.5, 0.6) is 0 Å². The summed E-state index contributed by atoms with van der Waals surface area (Å²) in [6.45, 7) is 1.06. The molecule has 1 amide bonds.